The molecule has 6 nitrogen and oxygen atoms in total. The van der Waals surface area contributed by atoms with Crippen molar-refractivity contribution >= 4 is 12.1 Å². The number of amides is 1. The van der Waals surface area contributed by atoms with Crippen molar-refractivity contribution < 1.29 is 18.7 Å². The fraction of sp³-hybridized carbons (Fsp3) is 0.200. The molecule has 0 saturated heterocycles. The molecule has 1 aromatic carbocycles. The highest BCUT2D eigenvalue weighted by atomic mass is 16.5. The minimum Gasteiger partial charge on any atom is -0.497 e. The molecule has 2 rings (SSSR count). The average molecular weight is 288 g/mol. The molecule has 0 aliphatic carbocycles. The molecule has 2 aromatic rings. The summed E-state index contributed by atoms with van der Waals surface area (Å²) in [7, 11) is 3.14. The predicted octanol–water partition coefficient (Wildman–Crippen LogP) is 2.37. The first kappa shape index (κ1) is 14.6. The van der Waals surface area contributed by atoms with Crippen LogP contribution in [-0.2, 0) is 0 Å². The molecule has 1 amide bonds. The number of hydrazone groups is 1. The molecule has 0 aliphatic heterocycles. The third-order valence-corrected chi connectivity index (χ3v) is 2.91. The van der Waals surface area contributed by atoms with E-state index in [-0.39, 0.29) is 5.91 Å². The Morgan fingerprint density at radius 3 is 2.71 bits per heavy atom. The van der Waals surface area contributed by atoms with E-state index in [1.807, 2.05) is 0 Å². The van der Waals surface area contributed by atoms with Crippen LogP contribution in [0.4, 0.5) is 0 Å². The fourth-order valence-electron chi connectivity index (χ4n) is 1.78. The number of hydrogen-bond acceptors (Lipinski definition) is 5. The molecule has 0 fully saturated rings. The largest absolute Gasteiger partial charge is 0.497 e. The lowest BCUT2D eigenvalue weighted by atomic mass is 10.2. The lowest BCUT2D eigenvalue weighted by molar-refractivity contribution is 0.0953. The van der Waals surface area contributed by atoms with Crippen LogP contribution in [0.25, 0.3) is 0 Å². The summed E-state index contributed by atoms with van der Waals surface area (Å²) in [4.78, 5) is 11.9. The van der Waals surface area contributed by atoms with Crippen LogP contribution >= 0.6 is 0 Å². The molecule has 0 radical (unpaired) electrons. The highest BCUT2D eigenvalue weighted by molar-refractivity contribution is 5.95. The minimum absolute atomic E-state index is 0.334. The van der Waals surface area contributed by atoms with E-state index >= 15 is 0 Å². The Morgan fingerprint density at radius 1 is 1.29 bits per heavy atom. The van der Waals surface area contributed by atoms with Crippen LogP contribution in [0.15, 0.2) is 40.0 Å². The number of carbonyl (C=O) groups excluding carboxylic acids is 1. The van der Waals surface area contributed by atoms with Gasteiger partial charge in [0.15, 0.2) is 0 Å². The monoisotopic (exact) mass is 288 g/mol. The van der Waals surface area contributed by atoms with Crippen molar-refractivity contribution in [1.29, 1.82) is 0 Å². The lowest BCUT2D eigenvalue weighted by Gasteiger charge is -2.06. The van der Waals surface area contributed by atoms with Crippen molar-refractivity contribution in [3.63, 3.8) is 0 Å². The molecule has 0 atom stereocenters. The van der Waals surface area contributed by atoms with Gasteiger partial charge < -0.3 is 13.9 Å². The number of methoxy groups -OCH3 is 2. The number of hydrogen-bond donors (Lipinski definition) is 1. The van der Waals surface area contributed by atoms with Gasteiger partial charge in [0.05, 0.1) is 32.3 Å². The van der Waals surface area contributed by atoms with Crippen LogP contribution in [0.1, 0.15) is 21.7 Å². The van der Waals surface area contributed by atoms with Gasteiger partial charge in [0.2, 0.25) is 0 Å². The topological polar surface area (TPSA) is 73.1 Å². The number of benzene rings is 1. The van der Waals surface area contributed by atoms with Crippen LogP contribution in [-0.4, -0.2) is 26.3 Å². The maximum absolute atomic E-state index is 11.9. The van der Waals surface area contributed by atoms with E-state index in [4.69, 9.17) is 13.9 Å². The van der Waals surface area contributed by atoms with E-state index in [0.717, 1.165) is 0 Å². The molecule has 6 heteroatoms. The van der Waals surface area contributed by atoms with Gasteiger partial charge in [0, 0.05) is 5.56 Å². The summed E-state index contributed by atoms with van der Waals surface area (Å²) in [6.45, 7) is 1.71. The van der Waals surface area contributed by atoms with Gasteiger partial charge in [-0.15, -0.1) is 0 Å². The summed E-state index contributed by atoms with van der Waals surface area (Å²) in [5.74, 6) is 1.52. The third kappa shape index (κ3) is 3.42. The zero-order chi connectivity index (χ0) is 15.2. The summed E-state index contributed by atoms with van der Waals surface area (Å²) in [6.07, 6.45) is 2.95. The molecule has 110 valence electrons. The number of nitrogens with zero attached hydrogens (tertiary/aromatic N) is 1. The first-order chi connectivity index (χ1) is 10.2. The fourth-order valence-corrected chi connectivity index (χ4v) is 1.78. The molecular weight excluding hydrogens is 272 g/mol. The van der Waals surface area contributed by atoms with Crippen molar-refractivity contribution in [2.75, 3.05) is 14.2 Å². The zero-order valence-corrected chi connectivity index (χ0v) is 12.0. The van der Waals surface area contributed by atoms with Crippen LogP contribution in [0.5, 0.6) is 11.5 Å². The molecule has 0 bridgehead atoms. The molecule has 1 heterocycles. The second-order valence-electron chi connectivity index (χ2n) is 4.20. The molecule has 21 heavy (non-hydrogen) atoms. The van der Waals surface area contributed by atoms with Crippen LogP contribution in [0.2, 0.25) is 0 Å². The second-order valence-corrected chi connectivity index (χ2v) is 4.20. The second kappa shape index (κ2) is 6.60. The Bertz CT molecular complexity index is 661. The van der Waals surface area contributed by atoms with Crippen LogP contribution in [0.3, 0.4) is 0 Å². The zero-order valence-electron chi connectivity index (χ0n) is 12.0. The molecule has 0 aliphatic rings. The minimum atomic E-state index is -0.334. The van der Waals surface area contributed by atoms with Gasteiger partial charge in [0.1, 0.15) is 17.3 Å². The summed E-state index contributed by atoms with van der Waals surface area (Å²) in [5, 5.41) is 3.92. The number of furan rings is 1. The highest BCUT2D eigenvalue weighted by Gasteiger charge is 2.10. The van der Waals surface area contributed by atoms with Gasteiger partial charge in [-0.25, -0.2) is 5.43 Å². The molecule has 0 spiro atoms. The lowest BCUT2D eigenvalue weighted by Crippen LogP contribution is -2.17. The van der Waals surface area contributed by atoms with Gasteiger partial charge in [0.25, 0.3) is 5.91 Å². The quantitative estimate of drug-likeness (QED) is 0.677. The Hall–Kier alpha value is -2.76. The molecule has 1 aromatic heterocycles. The van der Waals surface area contributed by atoms with Crippen LogP contribution in [0, 0.1) is 6.92 Å². The van der Waals surface area contributed by atoms with E-state index in [1.54, 1.807) is 45.4 Å². The molecular formula is C15H16N2O4. The van der Waals surface area contributed by atoms with Gasteiger partial charge in [-0.05, 0) is 31.2 Å². The average Bonchev–Trinajstić information content (AvgIpc) is 2.93. The number of carbonyl (C=O) groups is 1. The normalized spacial score (nSPS) is 10.6. The van der Waals surface area contributed by atoms with Gasteiger partial charge in [-0.1, -0.05) is 0 Å². The standard InChI is InChI=1S/C15H16N2O4/c1-10-13(6-7-21-10)15(18)17-16-9-11-8-12(19-2)4-5-14(11)20-3/h4-9H,1-3H3,(H,17,18)/b16-9+. The van der Waals surface area contributed by atoms with E-state index in [2.05, 4.69) is 10.5 Å². The van der Waals surface area contributed by atoms with Gasteiger partial charge >= 0.3 is 0 Å². The van der Waals surface area contributed by atoms with Gasteiger partial charge in [-0.3, -0.25) is 4.79 Å². The van der Waals surface area contributed by atoms with E-state index in [0.29, 0.717) is 28.4 Å². The van der Waals surface area contributed by atoms with E-state index in [1.165, 1.54) is 12.5 Å². The Balaban J connectivity index is 2.11. The summed E-state index contributed by atoms with van der Waals surface area (Å²) < 4.78 is 15.4. The highest BCUT2D eigenvalue weighted by Crippen LogP contribution is 2.22. The van der Waals surface area contributed by atoms with E-state index < -0.39 is 0 Å². The maximum Gasteiger partial charge on any atom is 0.274 e. The Labute approximate surface area is 122 Å². The Morgan fingerprint density at radius 2 is 2.10 bits per heavy atom. The Kier molecular flexibility index (Phi) is 4.61. The van der Waals surface area contributed by atoms with Crippen molar-refractivity contribution in [2.45, 2.75) is 6.92 Å². The first-order valence-electron chi connectivity index (χ1n) is 6.25. The number of rotatable bonds is 5. The van der Waals surface area contributed by atoms with E-state index in [9.17, 15) is 4.79 Å². The smallest absolute Gasteiger partial charge is 0.274 e. The van der Waals surface area contributed by atoms with Crippen molar-refractivity contribution in [2.24, 2.45) is 5.10 Å². The summed E-state index contributed by atoms with van der Waals surface area (Å²) in [5.41, 5.74) is 3.58. The molecule has 0 unspecified atom stereocenters. The van der Waals surface area contributed by atoms with Crippen molar-refractivity contribution in [3.05, 3.63) is 47.4 Å². The SMILES string of the molecule is COc1ccc(OC)c(/C=N/NC(=O)c2ccoc2C)c1. The number of ether oxygens (including phenoxy) is 2. The first-order valence-corrected chi connectivity index (χ1v) is 6.25. The number of aryl methyl sites for hydroxylation is 1. The summed E-state index contributed by atoms with van der Waals surface area (Å²) in [6, 6.07) is 6.90. The predicted molar refractivity (Wildman–Crippen MR) is 78.1 cm³/mol. The van der Waals surface area contributed by atoms with Crippen molar-refractivity contribution in [1.82, 2.24) is 5.43 Å². The maximum atomic E-state index is 11.9. The van der Waals surface area contributed by atoms with Gasteiger partial charge in [-0.2, -0.15) is 5.10 Å². The molecule has 1 N–H and O–H groups in total. The summed E-state index contributed by atoms with van der Waals surface area (Å²) >= 11 is 0. The van der Waals surface area contributed by atoms with Crippen molar-refractivity contribution in [3.8, 4) is 11.5 Å². The molecule has 0 saturated carbocycles. The third-order valence-electron chi connectivity index (χ3n) is 2.91. The van der Waals surface area contributed by atoms with Crippen LogP contribution < -0.4 is 14.9 Å². The number of nitrogens with one attached hydrogen (secondary N) is 1.